The number of para-hydroxylation sites is 1. The topological polar surface area (TPSA) is 91.3 Å². The molecule has 0 aromatic heterocycles. The van der Waals surface area contributed by atoms with Crippen molar-refractivity contribution in [2.24, 2.45) is 0 Å². The Labute approximate surface area is 247 Å². The zero-order chi connectivity index (χ0) is 30.7. The summed E-state index contributed by atoms with van der Waals surface area (Å²) in [5.41, 5.74) is 3.20. The lowest BCUT2D eigenvalue weighted by Crippen LogP contribution is -2.33. The number of benzene rings is 2. The van der Waals surface area contributed by atoms with E-state index in [9.17, 15) is 9.59 Å². The number of amides is 2. The van der Waals surface area contributed by atoms with Crippen molar-refractivity contribution in [3.05, 3.63) is 102 Å². The highest BCUT2D eigenvalue weighted by Gasteiger charge is 2.14. The van der Waals surface area contributed by atoms with Crippen LogP contribution in [0.25, 0.3) is 0 Å². The van der Waals surface area contributed by atoms with Gasteiger partial charge in [0.25, 0.3) is 0 Å². The van der Waals surface area contributed by atoms with Crippen molar-refractivity contribution in [2.45, 2.75) is 39.9 Å². The molecule has 226 valence electrons. The minimum atomic E-state index is -0.355. The summed E-state index contributed by atoms with van der Waals surface area (Å²) in [4.78, 5) is 24.3. The molecule has 0 heterocycles. The van der Waals surface area contributed by atoms with Crippen molar-refractivity contribution in [1.29, 1.82) is 0 Å². The molecule has 2 aromatic rings. The van der Waals surface area contributed by atoms with Gasteiger partial charge in [0.05, 0.1) is 19.3 Å². The number of rotatable bonds is 13. The monoisotopic (exact) mass is 567 g/mol. The molecule has 2 amide bonds. The van der Waals surface area contributed by atoms with Gasteiger partial charge in [0, 0.05) is 25.9 Å². The van der Waals surface area contributed by atoms with Gasteiger partial charge in [-0.15, -0.1) is 0 Å². The quantitative estimate of drug-likeness (QED) is 0.266. The molecule has 41 heavy (non-hydrogen) atoms. The van der Waals surface area contributed by atoms with Gasteiger partial charge in [0.2, 0.25) is 12.8 Å². The van der Waals surface area contributed by atoms with E-state index in [1.807, 2.05) is 107 Å². The maximum Gasteiger partial charge on any atom is 0.214 e. The molecule has 0 radical (unpaired) electrons. The second kappa shape index (κ2) is 25.3. The van der Waals surface area contributed by atoms with Crippen LogP contribution in [0.5, 0.6) is 5.75 Å². The number of ether oxygens (including phenoxy) is 2. The number of nitrogens with zero attached hydrogens (tertiary/aromatic N) is 2. The zero-order valence-electron chi connectivity index (χ0n) is 25.5. The molecule has 0 bridgehead atoms. The summed E-state index contributed by atoms with van der Waals surface area (Å²) in [6, 6.07) is 20.0. The molecule has 2 aromatic carbocycles. The Morgan fingerprint density at radius 1 is 0.976 bits per heavy atom. The van der Waals surface area contributed by atoms with Gasteiger partial charge < -0.3 is 29.7 Å². The van der Waals surface area contributed by atoms with Crippen LogP contribution in [0.15, 0.2) is 96.2 Å². The first kappa shape index (κ1) is 37.3. The second-order valence-corrected chi connectivity index (χ2v) is 8.91. The van der Waals surface area contributed by atoms with Gasteiger partial charge >= 0.3 is 0 Å². The summed E-state index contributed by atoms with van der Waals surface area (Å²) in [7, 11) is 5.45. The van der Waals surface area contributed by atoms with E-state index < -0.39 is 0 Å². The predicted molar refractivity (Wildman–Crippen MR) is 167 cm³/mol. The van der Waals surface area contributed by atoms with Crippen LogP contribution in [0.1, 0.15) is 32.8 Å². The predicted octanol–water partition coefficient (Wildman–Crippen LogP) is 4.83. The first-order chi connectivity index (χ1) is 19.9. The fourth-order valence-electron chi connectivity index (χ4n) is 3.17. The third kappa shape index (κ3) is 19.1. The molecule has 0 saturated heterocycles. The number of aliphatic hydroxyl groups excluding tert-OH is 1. The van der Waals surface area contributed by atoms with Crippen molar-refractivity contribution in [3.8, 4) is 5.75 Å². The molecule has 1 aliphatic carbocycles. The average molecular weight is 568 g/mol. The van der Waals surface area contributed by atoms with Crippen LogP contribution in [-0.2, 0) is 20.9 Å². The SMILES string of the molecule is CC.CN(C)CCNC=O.COC(CO)CN(C=O)C1=CCC=C(C)C=C1.c1ccc(COc2ccccc2)cc1. The number of hydrogen-bond acceptors (Lipinski definition) is 6. The van der Waals surface area contributed by atoms with Crippen LogP contribution < -0.4 is 10.1 Å². The normalized spacial score (nSPS) is 12.3. The summed E-state index contributed by atoms with van der Waals surface area (Å²) >= 11 is 0. The summed E-state index contributed by atoms with van der Waals surface area (Å²) in [5.74, 6) is 0.913. The highest BCUT2D eigenvalue weighted by molar-refractivity contribution is 5.53. The van der Waals surface area contributed by atoms with Crippen LogP contribution in [0.2, 0.25) is 0 Å². The molecule has 1 atom stereocenters. The maximum atomic E-state index is 11.1. The molecular formula is C33H49N3O5. The minimum absolute atomic E-state index is 0.102. The number of carbonyl (C=O) groups excluding carboxylic acids is 2. The van der Waals surface area contributed by atoms with Crippen molar-refractivity contribution >= 4 is 12.8 Å². The number of aliphatic hydroxyl groups is 1. The molecule has 1 unspecified atom stereocenters. The molecule has 0 saturated carbocycles. The molecule has 2 N–H and O–H groups in total. The van der Waals surface area contributed by atoms with E-state index in [2.05, 4.69) is 23.5 Å². The average Bonchev–Trinajstić information content (AvgIpc) is 3.24. The van der Waals surface area contributed by atoms with Crippen molar-refractivity contribution in [3.63, 3.8) is 0 Å². The number of nitrogens with one attached hydrogen (secondary N) is 1. The Morgan fingerprint density at radius 3 is 2.15 bits per heavy atom. The molecule has 8 heteroatoms. The molecule has 3 rings (SSSR count). The fraction of sp³-hybridized carbons (Fsp3) is 0.394. The highest BCUT2D eigenvalue weighted by atomic mass is 16.5. The van der Waals surface area contributed by atoms with Gasteiger partial charge in [0.15, 0.2) is 0 Å². The largest absolute Gasteiger partial charge is 0.489 e. The Kier molecular flexibility index (Phi) is 23.0. The fourth-order valence-corrected chi connectivity index (χ4v) is 3.17. The Bertz CT molecular complexity index is 965. The summed E-state index contributed by atoms with van der Waals surface area (Å²) in [5, 5.41) is 11.6. The van der Waals surface area contributed by atoms with Crippen LogP contribution >= 0.6 is 0 Å². The standard InChI is InChI=1S/C13H19NO3.C13H12O.C5H12N2O.C2H6/c1-11-4-3-5-12(7-6-11)14(10-16)8-13(9-15)17-2;1-3-7-12(8-4-1)11-14-13-9-5-2-6-10-13;1-7(2)4-3-6-5-8;1-2/h4-7,10,13,15H,3,8-9H2,1-2H3;1-10H,11H2;5H,3-4H2,1-2H3,(H,6,8);1-2H3. The second-order valence-electron chi connectivity index (χ2n) is 8.91. The molecule has 0 aliphatic heterocycles. The Hall–Kier alpha value is -3.72. The van der Waals surface area contributed by atoms with E-state index in [0.29, 0.717) is 19.6 Å². The van der Waals surface area contributed by atoms with Gasteiger partial charge in [-0.2, -0.15) is 0 Å². The first-order valence-corrected chi connectivity index (χ1v) is 13.9. The number of methoxy groups -OCH3 is 1. The number of allylic oxidation sites excluding steroid dienone is 5. The van der Waals surface area contributed by atoms with Crippen LogP contribution in [0.4, 0.5) is 0 Å². The lowest BCUT2D eigenvalue weighted by Gasteiger charge is -2.22. The van der Waals surface area contributed by atoms with Gasteiger partial charge in [-0.25, -0.2) is 0 Å². The highest BCUT2D eigenvalue weighted by Crippen LogP contribution is 2.14. The van der Waals surface area contributed by atoms with Crippen LogP contribution in [0, 0.1) is 0 Å². The summed E-state index contributed by atoms with van der Waals surface area (Å²) < 4.78 is 10.7. The molecule has 0 fully saturated rings. The molecular weight excluding hydrogens is 518 g/mol. The Morgan fingerprint density at radius 2 is 1.61 bits per heavy atom. The Balaban J connectivity index is 0.000000601. The van der Waals surface area contributed by atoms with Crippen LogP contribution in [-0.4, -0.2) is 81.3 Å². The lowest BCUT2D eigenvalue weighted by molar-refractivity contribution is -0.118. The van der Waals surface area contributed by atoms with E-state index >= 15 is 0 Å². The van der Waals surface area contributed by atoms with Crippen molar-refractivity contribution in [2.75, 3.05) is 47.4 Å². The smallest absolute Gasteiger partial charge is 0.214 e. The van der Waals surface area contributed by atoms with E-state index in [0.717, 1.165) is 37.4 Å². The summed E-state index contributed by atoms with van der Waals surface area (Å²) in [6.45, 7) is 8.53. The van der Waals surface area contributed by atoms with E-state index in [1.54, 1.807) is 4.90 Å². The zero-order valence-corrected chi connectivity index (χ0v) is 25.5. The number of likely N-dealkylation sites (N-methyl/N-ethyl adjacent to an activating group) is 1. The van der Waals surface area contributed by atoms with E-state index in [4.69, 9.17) is 14.6 Å². The van der Waals surface area contributed by atoms with Gasteiger partial charge in [-0.3, -0.25) is 9.59 Å². The lowest BCUT2D eigenvalue weighted by atomic mass is 10.2. The van der Waals surface area contributed by atoms with Gasteiger partial charge in [0.1, 0.15) is 12.4 Å². The third-order valence-corrected chi connectivity index (χ3v) is 5.46. The van der Waals surface area contributed by atoms with Gasteiger partial charge in [-0.1, -0.05) is 86.2 Å². The number of carbonyl (C=O) groups is 2. The number of hydrogen-bond donors (Lipinski definition) is 2. The summed E-state index contributed by atoms with van der Waals surface area (Å²) in [6.07, 6.45) is 9.86. The minimum Gasteiger partial charge on any atom is -0.489 e. The van der Waals surface area contributed by atoms with E-state index in [-0.39, 0.29) is 12.7 Å². The molecule has 8 nitrogen and oxygen atoms in total. The molecule has 0 spiro atoms. The van der Waals surface area contributed by atoms with Gasteiger partial charge in [-0.05, 0) is 51.2 Å². The van der Waals surface area contributed by atoms with E-state index in [1.165, 1.54) is 18.2 Å². The first-order valence-electron chi connectivity index (χ1n) is 13.9. The van der Waals surface area contributed by atoms with Crippen molar-refractivity contribution in [1.82, 2.24) is 15.1 Å². The molecule has 1 aliphatic rings. The maximum absolute atomic E-state index is 11.1. The third-order valence-electron chi connectivity index (χ3n) is 5.46. The van der Waals surface area contributed by atoms with Crippen LogP contribution in [0.3, 0.4) is 0 Å². The van der Waals surface area contributed by atoms with Crippen molar-refractivity contribution < 1.29 is 24.2 Å².